The highest BCUT2D eigenvalue weighted by atomic mass is 16.5. The number of hydrogen-bond acceptors (Lipinski definition) is 3. The molecule has 1 heterocycles. The van der Waals surface area contributed by atoms with Crippen LogP contribution in [0.15, 0.2) is 72.4 Å². The fraction of sp³-hybridized carbons (Fsp3) is 0.182. The van der Waals surface area contributed by atoms with E-state index in [9.17, 15) is 9.59 Å². The van der Waals surface area contributed by atoms with Gasteiger partial charge in [0.15, 0.2) is 0 Å². The Morgan fingerprint density at radius 2 is 1.48 bits per heavy atom. The molecule has 0 bridgehead atoms. The van der Waals surface area contributed by atoms with Crippen molar-refractivity contribution < 1.29 is 14.3 Å². The van der Waals surface area contributed by atoms with E-state index >= 15 is 0 Å². The molecule has 1 aliphatic rings. The number of nitrogens with one attached hydrogen (secondary N) is 1. The third-order valence-electron chi connectivity index (χ3n) is 4.12. The number of amides is 2. The van der Waals surface area contributed by atoms with Crippen LogP contribution in [0.5, 0.6) is 0 Å². The Morgan fingerprint density at radius 1 is 0.889 bits per heavy atom. The standard InChI is InChI=1S/C22H22N2O3/c25-21(12-11-18-7-3-1-4-8-18)23-20(17-19-9-5-2-6-10-19)22(26)24-13-15-27-16-14-24/h1-12,17H,13-16H2,(H,23,25)/b12-11+,20-17-. The van der Waals surface area contributed by atoms with E-state index in [1.54, 1.807) is 17.1 Å². The number of ether oxygens (including phenoxy) is 1. The SMILES string of the molecule is O=C(/C=C/c1ccccc1)N/C(=C\c1ccccc1)C(=O)N1CCOCC1. The van der Waals surface area contributed by atoms with Crippen LogP contribution in [0.4, 0.5) is 0 Å². The molecule has 0 saturated carbocycles. The maximum atomic E-state index is 12.9. The van der Waals surface area contributed by atoms with Crippen LogP contribution in [0.3, 0.4) is 0 Å². The maximum Gasteiger partial charge on any atom is 0.270 e. The first kappa shape index (κ1) is 18.6. The molecule has 0 atom stereocenters. The summed E-state index contributed by atoms with van der Waals surface area (Å²) < 4.78 is 5.30. The van der Waals surface area contributed by atoms with Crippen LogP contribution in [0.1, 0.15) is 11.1 Å². The Balaban J connectivity index is 1.77. The van der Waals surface area contributed by atoms with Crippen molar-refractivity contribution in [1.82, 2.24) is 10.2 Å². The summed E-state index contributed by atoms with van der Waals surface area (Å²) in [5, 5.41) is 2.74. The fourth-order valence-electron chi connectivity index (χ4n) is 2.71. The zero-order valence-electron chi connectivity index (χ0n) is 15.0. The van der Waals surface area contributed by atoms with E-state index in [0.29, 0.717) is 26.3 Å². The minimum Gasteiger partial charge on any atom is -0.378 e. The highest BCUT2D eigenvalue weighted by molar-refractivity contribution is 6.04. The lowest BCUT2D eigenvalue weighted by atomic mass is 10.1. The Morgan fingerprint density at radius 3 is 2.11 bits per heavy atom. The lowest BCUT2D eigenvalue weighted by Gasteiger charge is -2.27. The predicted octanol–water partition coefficient (Wildman–Crippen LogP) is 2.72. The van der Waals surface area contributed by atoms with Crippen molar-refractivity contribution in [2.24, 2.45) is 0 Å². The smallest absolute Gasteiger partial charge is 0.270 e. The second kappa shape index (κ2) is 9.50. The zero-order chi connectivity index (χ0) is 18.9. The second-order valence-electron chi connectivity index (χ2n) is 6.11. The minimum absolute atomic E-state index is 0.205. The van der Waals surface area contributed by atoms with Crippen LogP contribution < -0.4 is 5.32 Å². The highest BCUT2D eigenvalue weighted by Gasteiger charge is 2.21. The minimum atomic E-state index is -0.345. The Hall–Kier alpha value is -3.18. The lowest BCUT2D eigenvalue weighted by molar-refractivity contribution is -0.132. The number of carbonyl (C=O) groups excluding carboxylic acids is 2. The number of carbonyl (C=O) groups is 2. The fourth-order valence-corrected chi connectivity index (χ4v) is 2.71. The summed E-state index contributed by atoms with van der Waals surface area (Å²) in [7, 11) is 0. The molecule has 0 radical (unpaired) electrons. The molecule has 0 spiro atoms. The van der Waals surface area contributed by atoms with Gasteiger partial charge in [0, 0.05) is 19.2 Å². The van der Waals surface area contributed by atoms with Gasteiger partial charge in [-0.2, -0.15) is 0 Å². The number of rotatable bonds is 5. The van der Waals surface area contributed by atoms with Gasteiger partial charge in [0.2, 0.25) is 5.91 Å². The Bertz CT molecular complexity index is 823. The molecule has 1 N–H and O–H groups in total. The van der Waals surface area contributed by atoms with Crippen molar-refractivity contribution in [3.8, 4) is 0 Å². The molecular weight excluding hydrogens is 340 g/mol. The van der Waals surface area contributed by atoms with E-state index in [2.05, 4.69) is 5.32 Å². The second-order valence-corrected chi connectivity index (χ2v) is 6.11. The third-order valence-corrected chi connectivity index (χ3v) is 4.12. The molecule has 0 aliphatic carbocycles. The molecular formula is C22H22N2O3. The maximum absolute atomic E-state index is 12.9. The van der Waals surface area contributed by atoms with Gasteiger partial charge in [-0.25, -0.2) is 0 Å². The van der Waals surface area contributed by atoms with Gasteiger partial charge in [-0.05, 0) is 23.3 Å². The van der Waals surface area contributed by atoms with E-state index in [0.717, 1.165) is 11.1 Å². The van der Waals surface area contributed by atoms with Crippen LogP contribution >= 0.6 is 0 Å². The predicted molar refractivity (Wildman–Crippen MR) is 105 cm³/mol. The summed E-state index contributed by atoms with van der Waals surface area (Å²) in [6.45, 7) is 2.04. The van der Waals surface area contributed by atoms with Crippen LogP contribution in [-0.4, -0.2) is 43.0 Å². The Labute approximate surface area is 158 Å². The van der Waals surface area contributed by atoms with E-state index < -0.39 is 0 Å². The van der Waals surface area contributed by atoms with E-state index in [1.165, 1.54) is 6.08 Å². The van der Waals surface area contributed by atoms with E-state index in [-0.39, 0.29) is 17.5 Å². The van der Waals surface area contributed by atoms with Gasteiger partial charge in [0.05, 0.1) is 13.2 Å². The van der Waals surface area contributed by atoms with Crippen molar-refractivity contribution in [1.29, 1.82) is 0 Å². The average Bonchev–Trinajstić information content (AvgIpc) is 2.73. The van der Waals surface area contributed by atoms with Crippen LogP contribution in [-0.2, 0) is 14.3 Å². The van der Waals surface area contributed by atoms with Gasteiger partial charge in [0.25, 0.3) is 5.91 Å². The van der Waals surface area contributed by atoms with Gasteiger partial charge < -0.3 is 15.0 Å². The van der Waals surface area contributed by atoms with Crippen LogP contribution in [0.25, 0.3) is 12.2 Å². The summed E-state index contributed by atoms with van der Waals surface area (Å²) in [4.78, 5) is 26.9. The molecule has 0 aromatic heterocycles. The van der Waals surface area contributed by atoms with E-state index in [4.69, 9.17) is 4.74 Å². The Kier molecular flexibility index (Phi) is 6.55. The molecule has 1 aliphatic heterocycles. The molecule has 1 saturated heterocycles. The molecule has 27 heavy (non-hydrogen) atoms. The first-order valence-electron chi connectivity index (χ1n) is 8.90. The molecule has 3 rings (SSSR count). The van der Waals surface area contributed by atoms with Gasteiger partial charge in [-0.3, -0.25) is 9.59 Å². The van der Waals surface area contributed by atoms with Crippen molar-refractivity contribution >= 4 is 24.0 Å². The van der Waals surface area contributed by atoms with Gasteiger partial charge in [0.1, 0.15) is 5.70 Å². The summed E-state index contributed by atoms with van der Waals surface area (Å²) in [5.74, 6) is -0.550. The quantitative estimate of drug-likeness (QED) is 0.832. The molecule has 2 amide bonds. The molecule has 0 unspecified atom stereocenters. The number of nitrogens with zero attached hydrogens (tertiary/aromatic N) is 1. The summed E-state index contributed by atoms with van der Waals surface area (Å²) in [6, 6.07) is 19.0. The third kappa shape index (κ3) is 5.66. The summed E-state index contributed by atoms with van der Waals surface area (Å²) >= 11 is 0. The van der Waals surface area contributed by atoms with Crippen LogP contribution in [0, 0.1) is 0 Å². The van der Waals surface area contributed by atoms with Gasteiger partial charge in [-0.15, -0.1) is 0 Å². The molecule has 1 fully saturated rings. The summed E-state index contributed by atoms with van der Waals surface area (Å²) in [6.07, 6.45) is 4.85. The molecule has 138 valence electrons. The largest absolute Gasteiger partial charge is 0.378 e. The van der Waals surface area contributed by atoms with E-state index in [1.807, 2.05) is 60.7 Å². The van der Waals surface area contributed by atoms with Crippen LogP contribution in [0.2, 0.25) is 0 Å². The van der Waals surface area contributed by atoms with Crippen molar-refractivity contribution in [3.63, 3.8) is 0 Å². The number of hydrogen-bond donors (Lipinski definition) is 1. The van der Waals surface area contributed by atoms with Crippen molar-refractivity contribution in [2.45, 2.75) is 0 Å². The van der Waals surface area contributed by atoms with Gasteiger partial charge in [-0.1, -0.05) is 60.7 Å². The molecule has 5 nitrogen and oxygen atoms in total. The van der Waals surface area contributed by atoms with Crippen molar-refractivity contribution in [2.75, 3.05) is 26.3 Å². The topological polar surface area (TPSA) is 58.6 Å². The van der Waals surface area contributed by atoms with Gasteiger partial charge >= 0.3 is 0 Å². The normalized spacial score (nSPS) is 15.0. The molecule has 2 aromatic carbocycles. The highest BCUT2D eigenvalue weighted by Crippen LogP contribution is 2.10. The average molecular weight is 362 g/mol. The monoisotopic (exact) mass is 362 g/mol. The first-order valence-corrected chi connectivity index (χ1v) is 8.90. The molecule has 2 aromatic rings. The zero-order valence-corrected chi connectivity index (χ0v) is 15.0. The summed E-state index contributed by atoms with van der Waals surface area (Å²) in [5.41, 5.74) is 2.02. The number of morpholine rings is 1. The number of benzene rings is 2. The first-order chi connectivity index (χ1) is 13.2. The molecule has 5 heteroatoms. The van der Waals surface area contributed by atoms with Crippen molar-refractivity contribution in [3.05, 3.63) is 83.6 Å². The lowest BCUT2D eigenvalue weighted by Crippen LogP contribution is -2.44.